The molecule has 0 radical (unpaired) electrons. The largest absolute Gasteiger partial charge is 0.480 e. The van der Waals surface area contributed by atoms with Gasteiger partial charge in [0, 0.05) is 0 Å². The summed E-state index contributed by atoms with van der Waals surface area (Å²) in [5.74, 6) is -0.968. The van der Waals surface area contributed by atoms with Crippen LogP contribution in [0.1, 0.15) is 0 Å². The Kier molecular flexibility index (Phi) is 10.6. The average Bonchev–Trinajstić information content (AvgIpc) is 1.85. The average molecular weight is 221 g/mol. The van der Waals surface area contributed by atoms with Gasteiger partial charge in [-0.05, 0) is 0 Å². The molecule has 0 rings (SSSR count). The van der Waals surface area contributed by atoms with Crippen LogP contribution in [0.2, 0.25) is 0 Å². The van der Waals surface area contributed by atoms with Gasteiger partial charge in [0.15, 0.2) is 0 Å². The van der Waals surface area contributed by atoms with Crippen LogP contribution >= 0.6 is 16.5 Å². The van der Waals surface area contributed by atoms with E-state index in [9.17, 15) is 13.9 Å². The summed E-state index contributed by atoms with van der Waals surface area (Å²) in [6.45, 7) is -0.278. The number of carboxylic acids is 1. The molecule has 0 spiro atoms. The van der Waals surface area contributed by atoms with E-state index in [1.807, 2.05) is 0 Å². The van der Waals surface area contributed by atoms with Gasteiger partial charge in [0.25, 0.3) is 0 Å². The molecule has 2 unspecified atom stereocenters. The van der Waals surface area contributed by atoms with E-state index in [0.29, 0.717) is 0 Å². The zero-order valence-electron chi connectivity index (χ0n) is 5.76. The summed E-state index contributed by atoms with van der Waals surface area (Å²) in [5.41, 5.74) is 4.57. The molecular weight excluding hydrogens is 212 g/mol. The SMILES string of the molecule is NCC(=O)O.O=[PH](O)O[PH](=O)O. The van der Waals surface area contributed by atoms with Crippen LogP contribution in [0.3, 0.4) is 0 Å². The summed E-state index contributed by atoms with van der Waals surface area (Å²) in [6.07, 6.45) is 0. The minimum Gasteiger partial charge on any atom is -0.480 e. The smallest absolute Gasteiger partial charge is 0.323 e. The Balaban J connectivity index is 0. The summed E-state index contributed by atoms with van der Waals surface area (Å²) < 4.78 is 22.3. The maximum Gasteiger partial charge on any atom is 0.323 e. The van der Waals surface area contributed by atoms with Crippen LogP contribution in [0.5, 0.6) is 0 Å². The lowest BCUT2D eigenvalue weighted by atomic mass is 10.7. The predicted molar refractivity (Wildman–Crippen MR) is 40.2 cm³/mol. The van der Waals surface area contributed by atoms with Gasteiger partial charge in [-0.3, -0.25) is 13.9 Å². The van der Waals surface area contributed by atoms with Crippen LogP contribution in [0.4, 0.5) is 0 Å². The quantitative estimate of drug-likeness (QED) is 0.434. The highest BCUT2D eigenvalue weighted by Crippen LogP contribution is 2.30. The lowest BCUT2D eigenvalue weighted by Crippen LogP contribution is -2.10. The van der Waals surface area contributed by atoms with Crippen molar-refractivity contribution in [1.82, 2.24) is 0 Å². The Hall–Kier alpha value is -0.230. The zero-order chi connectivity index (χ0) is 10.1. The molecule has 0 aromatic rings. The number of rotatable bonds is 3. The van der Waals surface area contributed by atoms with Gasteiger partial charge in [-0.25, -0.2) is 4.31 Å². The molecule has 0 saturated carbocycles. The molecule has 0 fully saturated rings. The standard InChI is InChI=1S/C2H5NO2.H4O5P2/c3-1-2(4)5;1-6(2)5-7(3)4/h1,3H2,(H,4,5);6-7H,(H,1,2)(H,3,4). The van der Waals surface area contributed by atoms with Crippen LogP contribution in [-0.2, 0) is 18.2 Å². The summed E-state index contributed by atoms with van der Waals surface area (Å²) >= 11 is 0. The van der Waals surface area contributed by atoms with Crippen LogP contribution in [-0.4, -0.2) is 27.4 Å². The van der Waals surface area contributed by atoms with E-state index < -0.39 is 22.5 Å². The Morgan fingerprint density at radius 3 is 1.58 bits per heavy atom. The highest BCUT2D eigenvalue weighted by molar-refractivity contribution is 7.46. The van der Waals surface area contributed by atoms with Crippen LogP contribution in [0, 0.1) is 0 Å². The minimum absolute atomic E-state index is 0.278. The maximum absolute atomic E-state index is 9.44. The van der Waals surface area contributed by atoms with Crippen molar-refractivity contribution in [1.29, 1.82) is 0 Å². The van der Waals surface area contributed by atoms with Gasteiger partial charge in [0.1, 0.15) is 0 Å². The highest BCUT2D eigenvalue weighted by Gasteiger charge is 1.93. The number of aliphatic carboxylic acids is 1. The molecule has 0 aliphatic carbocycles. The van der Waals surface area contributed by atoms with Gasteiger partial charge < -0.3 is 20.6 Å². The number of nitrogens with two attached hydrogens (primary N) is 1. The predicted octanol–water partition coefficient (Wildman–Crippen LogP) is -1.20. The van der Waals surface area contributed by atoms with Gasteiger partial charge in [0.2, 0.25) is 0 Å². The van der Waals surface area contributed by atoms with Crippen LogP contribution < -0.4 is 5.73 Å². The van der Waals surface area contributed by atoms with Crippen molar-refractivity contribution in [3.05, 3.63) is 0 Å². The molecule has 0 aliphatic rings. The molecule has 10 heteroatoms. The second-order valence-electron chi connectivity index (χ2n) is 1.23. The van der Waals surface area contributed by atoms with E-state index in [4.69, 9.17) is 14.9 Å². The first-order valence-electron chi connectivity index (χ1n) is 2.45. The molecule has 0 aromatic carbocycles. The van der Waals surface area contributed by atoms with E-state index >= 15 is 0 Å². The summed E-state index contributed by atoms with van der Waals surface area (Å²) in [5, 5.41) is 7.60. The zero-order valence-corrected chi connectivity index (χ0v) is 7.76. The number of carboxylic acid groups (broad SMARTS) is 1. The number of hydrogen-bond donors (Lipinski definition) is 4. The molecule has 12 heavy (non-hydrogen) atoms. The van der Waals surface area contributed by atoms with E-state index in [-0.39, 0.29) is 6.54 Å². The van der Waals surface area contributed by atoms with Gasteiger partial charge in [0.05, 0.1) is 6.54 Å². The van der Waals surface area contributed by atoms with Gasteiger partial charge in [-0.2, -0.15) is 0 Å². The van der Waals surface area contributed by atoms with Gasteiger partial charge in [-0.1, -0.05) is 0 Å². The normalized spacial score (nSPS) is 13.9. The van der Waals surface area contributed by atoms with Crippen molar-refractivity contribution in [2.45, 2.75) is 0 Å². The fraction of sp³-hybridized carbons (Fsp3) is 0.500. The summed E-state index contributed by atoms with van der Waals surface area (Å²) in [7, 11) is -6.40. The van der Waals surface area contributed by atoms with Crippen molar-refractivity contribution >= 4 is 22.5 Å². The molecule has 0 saturated heterocycles. The Bertz CT molecular complexity index is 168. The second-order valence-corrected chi connectivity index (χ2v) is 3.11. The molecular formula is C2H9NO7P2. The van der Waals surface area contributed by atoms with Crippen molar-refractivity contribution in [2.75, 3.05) is 6.54 Å². The summed E-state index contributed by atoms with van der Waals surface area (Å²) in [6, 6.07) is 0. The third kappa shape index (κ3) is 22.6. The molecule has 8 nitrogen and oxygen atoms in total. The molecule has 5 N–H and O–H groups in total. The van der Waals surface area contributed by atoms with E-state index in [1.54, 1.807) is 0 Å². The van der Waals surface area contributed by atoms with Gasteiger partial charge >= 0.3 is 22.5 Å². The lowest BCUT2D eigenvalue weighted by molar-refractivity contribution is -0.135. The third-order valence-corrected chi connectivity index (χ3v) is 1.75. The van der Waals surface area contributed by atoms with Crippen molar-refractivity contribution in [3.63, 3.8) is 0 Å². The molecule has 0 amide bonds. The number of carbonyl (C=O) groups is 1. The molecule has 2 atom stereocenters. The van der Waals surface area contributed by atoms with E-state index in [1.165, 1.54) is 0 Å². The Morgan fingerprint density at radius 1 is 1.33 bits per heavy atom. The highest BCUT2D eigenvalue weighted by atomic mass is 31.2. The molecule has 0 aromatic heterocycles. The topological polar surface area (TPSA) is 147 Å². The monoisotopic (exact) mass is 221 g/mol. The molecule has 0 bridgehead atoms. The summed E-state index contributed by atoms with van der Waals surface area (Å²) in [4.78, 5) is 24.7. The lowest BCUT2D eigenvalue weighted by Gasteiger charge is -1.86. The molecule has 74 valence electrons. The van der Waals surface area contributed by atoms with Crippen molar-refractivity contribution in [3.8, 4) is 0 Å². The van der Waals surface area contributed by atoms with E-state index in [0.717, 1.165) is 0 Å². The van der Waals surface area contributed by atoms with Crippen molar-refractivity contribution in [2.24, 2.45) is 5.73 Å². The maximum atomic E-state index is 9.44. The molecule has 0 heterocycles. The van der Waals surface area contributed by atoms with Crippen molar-refractivity contribution < 1.29 is 33.1 Å². The Morgan fingerprint density at radius 2 is 1.58 bits per heavy atom. The second kappa shape index (κ2) is 8.86. The Labute approximate surface area is 68.9 Å². The number of hydrogen-bond acceptors (Lipinski definition) is 5. The van der Waals surface area contributed by atoms with Crippen LogP contribution in [0.25, 0.3) is 0 Å². The molecule has 0 aliphatic heterocycles. The first-order chi connectivity index (χ1) is 5.40. The first-order valence-corrected chi connectivity index (χ1v) is 4.98. The van der Waals surface area contributed by atoms with E-state index in [2.05, 4.69) is 10.0 Å². The van der Waals surface area contributed by atoms with Crippen LogP contribution in [0.15, 0.2) is 0 Å². The minimum atomic E-state index is -3.20. The van der Waals surface area contributed by atoms with Gasteiger partial charge in [-0.15, -0.1) is 0 Å². The fourth-order valence-electron chi connectivity index (χ4n) is 0.0747. The third-order valence-electron chi connectivity index (χ3n) is 0.349. The first kappa shape index (κ1) is 14.3. The fourth-order valence-corrected chi connectivity index (χ4v) is 0.672.